The van der Waals surface area contributed by atoms with Gasteiger partial charge in [0.1, 0.15) is 0 Å². The molecule has 0 unspecified atom stereocenters. The normalized spacial score (nSPS) is 17.1. The lowest BCUT2D eigenvalue weighted by atomic mass is 10.0. The van der Waals surface area contributed by atoms with Crippen molar-refractivity contribution in [3.63, 3.8) is 0 Å². The Morgan fingerprint density at radius 2 is 2.00 bits per heavy atom. The van der Waals surface area contributed by atoms with Crippen molar-refractivity contribution in [3.05, 3.63) is 35.9 Å². The number of hydrogen-bond acceptors (Lipinski definition) is 2. The maximum absolute atomic E-state index is 8.78. The molecule has 1 saturated carbocycles. The zero-order valence-electron chi connectivity index (χ0n) is 9.82. The van der Waals surface area contributed by atoms with Gasteiger partial charge in [-0.2, -0.15) is 5.26 Å². The van der Waals surface area contributed by atoms with Crippen LogP contribution in [0, 0.1) is 16.7 Å². The average Bonchev–Trinajstić information content (AvgIpc) is 2.99. The van der Waals surface area contributed by atoms with Crippen molar-refractivity contribution < 1.29 is 0 Å². The van der Waals surface area contributed by atoms with Gasteiger partial charge in [0.25, 0.3) is 0 Å². The van der Waals surface area contributed by atoms with Crippen molar-refractivity contribution in [2.24, 2.45) is 5.41 Å². The molecule has 0 heterocycles. The number of hydrogen-bond donors (Lipinski definition) is 0. The van der Waals surface area contributed by atoms with Crippen molar-refractivity contribution in [1.29, 1.82) is 5.26 Å². The van der Waals surface area contributed by atoms with Crippen LogP contribution in [0.5, 0.6) is 0 Å². The fourth-order valence-corrected chi connectivity index (χ4v) is 2.26. The van der Waals surface area contributed by atoms with Crippen LogP contribution in [-0.4, -0.2) is 18.5 Å². The second-order valence-electron chi connectivity index (χ2n) is 4.99. The predicted molar refractivity (Wildman–Crippen MR) is 64.7 cm³/mol. The molecule has 16 heavy (non-hydrogen) atoms. The third-order valence-electron chi connectivity index (χ3n) is 3.31. The summed E-state index contributed by atoms with van der Waals surface area (Å²) in [4.78, 5) is 2.33. The summed E-state index contributed by atoms with van der Waals surface area (Å²) in [5, 5.41) is 8.78. The Hall–Kier alpha value is -1.33. The highest BCUT2D eigenvalue weighted by Crippen LogP contribution is 2.49. The molecule has 0 aromatic heterocycles. The minimum Gasteiger partial charge on any atom is -0.302 e. The van der Waals surface area contributed by atoms with E-state index in [2.05, 4.69) is 42.3 Å². The van der Waals surface area contributed by atoms with Crippen molar-refractivity contribution >= 4 is 0 Å². The summed E-state index contributed by atoms with van der Waals surface area (Å²) in [6, 6.07) is 12.8. The van der Waals surface area contributed by atoms with Crippen LogP contribution in [0.4, 0.5) is 0 Å². The Labute approximate surface area is 97.5 Å². The number of rotatable bonds is 5. The molecule has 0 atom stereocenters. The summed E-state index contributed by atoms with van der Waals surface area (Å²) in [6.07, 6.45) is 3.16. The van der Waals surface area contributed by atoms with Crippen LogP contribution in [-0.2, 0) is 6.54 Å². The summed E-state index contributed by atoms with van der Waals surface area (Å²) in [7, 11) is 2.14. The SMILES string of the molecule is CN(Cc1ccccc1)CC1(CC#N)CC1. The van der Waals surface area contributed by atoms with E-state index in [4.69, 9.17) is 5.26 Å². The van der Waals surface area contributed by atoms with Crippen LogP contribution < -0.4 is 0 Å². The van der Waals surface area contributed by atoms with Gasteiger partial charge in [-0.25, -0.2) is 0 Å². The first kappa shape index (κ1) is 11.2. The van der Waals surface area contributed by atoms with E-state index in [1.165, 1.54) is 18.4 Å². The summed E-state index contributed by atoms with van der Waals surface area (Å²) in [5.41, 5.74) is 1.66. The van der Waals surface area contributed by atoms with E-state index in [9.17, 15) is 0 Å². The van der Waals surface area contributed by atoms with Gasteiger partial charge in [-0.1, -0.05) is 30.3 Å². The van der Waals surface area contributed by atoms with E-state index < -0.39 is 0 Å². The van der Waals surface area contributed by atoms with Gasteiger partial charge < -0.3 is 4.90 Å². The lowest BCUT2D eigenvalue weighted by Crippen LogP contribution is -2.26. The maximum atomic E-state index is 8.78. The third-order valence-corrected chi connectivity index (χ3v) is 3.31. The molecule has 0 saturated heterocycles. The number of nitriles is 1. The highest BCUT2D eigenvalue weighted by atomic mass is 15.1. The highest BCUT2D eigenvalue weighted by molar-refractivity contribution is 5.14. The smallest absolute Gasteiger partial charge is 0.0628 e. The van der Waals surface area contributed by atoms with E-state index in [0.717, 1.165) is 13.1 Å². The predicted octanol–water partition coefficient (Wildman–Crippen LogP) is 2.81. The standard InChI is InChI=1S/C14H18N2/c1-16(11-13-5-3-2-4-6-13)12-14(7-8-14)9-10-15/h2-6H,7-9,11-12H2,1H3. The van der Waals surface area contributed by atoms with Crippen molar-refractivity contribution in [1.82, 2.24) is 4.90 Å². The van der Waals surface area contributed by atoms with E-state index >= 15 is 0 Å². The summed E-state index contributed by atoms with van der Waals surface area (Å²) in [5.74, 6) is 0. The van der Waals surface area contributed by atoms with E-state index in [1.807, 2.05) is 6.07 Å². The maximum Gasteiger partial charge on any atom is 0.0628 e. The topological polar surface area (TPSA) is 27.0 Å². The molecule has 0 aliphatic heterocycles. The molecule has 1 aromatic rings. The molecule has 1 aliphatic rings. The van der Waals surface area contributed by atoms with Crippen LogP contribution in [0.25, 0.3) is 0 Å². The van der Waals surface area contributed by atoms with Gasteiger partial charge in [0.15, 0.2) is 0 Å². The zero-order valence-corrected chi connectivity index (χ0v) is 9.82. The Balaban J connectivity index is 1.86. The molecule has 2 heteroatoms. The molecule has 0 bridgehead atoms. The van der Waals surface area contributed by atoms with Crippen LogP contribution in [0.3, 0.4) is 0 Å². The zero-order chi connectivity index (χ0) is 11.4. The first-order valence-electron chi connectivity index (χ1n) is 5.84. The van der Waals surface area contributed by atoms with Gasteiger partial charge in [0, 0.05) is 19.5 Å². The lowest BCUT2D eigenvalue weighted by molar-refractivity contribution is 0.257. The van der Waals surface area contributed by atoms with Crippen LogP contribution in [0.1, 0.15) is 24.8 Å². The average molecular weight is 214 g/mol. The molecule has 84 valence electrons. The van der Waals surface area contributed by atoms with Gasteiger partial charge >= 0.3 is 0 Å². The molecule has 1 fully saturated rings. The minimum atomic E-state index is 0.318. The van der Waals surface area contributed by atoms with Gasteiger partial charge in [0.2, 0.25) is 0 Å². The summed E-state index contributed by atoms with van der Waals surface area (Å²) in [6.45, 7) is 2.03. The van der Waals surface area contributed by atoms with Crippen molar-refractivity contribution in [3.8, 4) is 6.07 Å². The minimum absolute atomic E-state index is 0.318. The summed E-state index contributed by atoms with van der Waals surface area (Å²) < 4.78 is 0. The largest absolute Gasteiger partial charge is 0.302 e. The molecule has 2 nitrogen and oxygen atoms in total. The second kappa shape index (κ2) is 4.67. The third kappa shape index (κ3) is 2.84. The second-order valence-corrected chi connectivity index (χ2v) is 4.99. The van der Waals surface area contributed by atoms with E-state index in [1.54, 1.807) is 0 Å². The first-order valence-corrected chi connectivity index (χ1v) is 5.84. The Morgan fingerprint density at radius 1 is 1.31 bits per heavy atom. The fraction of sp³-hybridized carbons (Fsp3) is 0.500. The van der Waals surface area contributed by atoms with Gasteiger partial charge in [-0.15, -0.1) is 0 Å². The van der Waals surface area contributed by atoms with Gasteiger partial charge in [0.05, 0.1) is 6.07 Å². The fourth-order valence-electron chi connectivity index (χ4n) is 2.26. The molecular weight excluding hydrogens is 196 g/mol. The molecule has 1 aliphatic carbocycles. The van der Waals surface area contributed by atoms with Crippen molar-refractivity contribution in [2.75, 3.05) is 13.6 Å². The first-order chi connectivity index (χ1) is 7.74. The number of benzene rings is 1. The van der Waals surface area contributed by atoms with E-state index in [-0.39, 0.29) is 0 Å². The molecule has 0 amide bonds. The molecule has 1 aromatic carbocycles. The monoisotopic (exact) mass is 214 g/mol. The van der Waals surface area contributed by atoms with Crippen LogP contribution in [0.2, 0.25) is 0 Å². The molecular formula is C14H18N2. The molecule has 0 radical (unpaired) electrons. The van der Waals surface area contributed by atoms with Crippen LogP contribution in [0.15, 0.2) is 30.3 Å². The lowest BCUT2D eigenvalue weighted by Gasteiger charge is -2.21. The Morgan fingerprint density at radius 3 is 2.56 bits per heavy atom. The number of nitrogens with zero attached hydrogens (tertiary/aromatic N) is 2. The highest BCUT2D eigenvalue weighted by Gasteiger charge is 2.42. The molecule has 0 N–H and O–H groups in total. The van der Waals surface area contributed by atoms with E-state index in [0.29, 0.717) is 11.8 Å². The molecule has 0 spiro atoms. The van der Waals surface area contributed by atoms with Gasteiger partial charge in [-0.3, -0.25) is 0 Å². The quantitative estimate of drug-likeness (QED) is 0.753. The Kier molecular flexibility index (Phi) is 3.26. The summed E-state index contributed by atoms with van der Waals surface area (Å²) >= 11 is 0. The Bertz CT molecular complexity index is 373. The molecule has 2 rings (SSSR count). The van der Waals surface area contributed by atoms with Crippen molar-refractivity contribution in [2.45, 2.75) is 25.8 Å². The van der Waals surface area contributed by atoms with Crippen LogP contribution >= 0.6 is 0 Å². The van der Waals surface area contributed by atoms with Gasteiger partial charge in [-0.05, 0) is 30.9 Å².